The van der Waals surface area contributed by atoms with Crippen molar-refractivity contribution in [1.82, 2.24) is 5.32 Å². The maximum absolute atomic E-state index is 12.4. The van der Waals surface area contributed by atoms with Crippen molar-refractivity contribution >= 4 is 21.8 Å². The fourth-order valence-corrected chi connectivity index (χ4v) is 3.71. The lowest BCUT2D eigenvalue weighted by atomic mass is 9.68. The Morgan fingerprint density at radius 3 is 3.05 bits per heavy atom. The number of rotatable bonds is 2. The minimum atomic E-state index is -0.0666. The maximum Gasteiger partial charge on any atom is 0.251 e. The molecule has 1 aliphatic carbocycles. The molecular formula is C15H19BrN2O2. The van der Waals surface area contributed by atoms with Gasteiger partial charge in [-0.3, -0.25) is 4.79 Å². The summed E-state index contributed by atoms with van der Waals surface area (Å²) in [5, 5.41) is 3.04. The highest BCUT2D eigenvalue weighted by Gasteiger charge is 2.51. The van der Waals surface area contributed by atoms with Crippen LogP contribution in [0.5, 0.6) is 0 Å². The number of aryl methyl sites for hydroxylation is 1. The van der Waals surface area contributed by atoms with Crippen molar-refractivity contribution in [2.45, 2.75) is 38.0 Å². The number of fused-ring (bicyclic) bond motifs is 1. The lowest BCUT2D eigenvalue weighted by Gasteiger charge is -2.52. The summed E-state index contributed by atoms with van der Waals surface area (Å²) < 4.78 is 6.72. The summed E-state index contributed by atoms with van der Waals surface area (Å²) in [7, 11) is 0. The van der Waals surface area contributed by atoms with Gasteiger partial charge in [0.1, 0.15) is 0 Å². The molecule has 1 aliphatic heterocycles. The van der Waals surface area contributed by atoms with E-state index in [9.17, 15) is 4.79 Å². The van der Waals surface area contributed by atoms with Crippen molar-refractivity contribution in [1.29, 1.82) is 0 Å². The van der Waals surface area contributed by atoms with Gasteiger partial charge < -0.3 is 15.8 Å². The lowest BCUT2D eigenvalue weighted by molar-refractivity contribution is -0.117. The number of benzene rings is 1. The van der Waals surface area contributed by atoms with Gasteiger partial charge in [-0.2, -0.15) is 0 Å². The summed E-state index contributed by atoms with van der Waals surface area (Å²) >= 11 is 3.40. The number of ether oxygens (including phenoxy) is 1. The first kappa shape index (κ1) is 14.0. The van der Waals surface area contributed by atoms with E-state index in [1.165, 1.54) is 0 Å². The van der Waals surface area contributed by atoms with E-state index in [4.69, 9.17) is 10.5 Å². The molecule has 1 aromatic carbocycles. The number of nitrogens with two attached hydrogens (primary N) is 1. The number of carbonyl (C=O) groups is 1. The van der Waals surface area contributed by atoms with Crippen LogP contribution in [0.15, 0.2) is 22.7 Å². The Balaban J connectivity index is 1.70. The highest BCUT2D eigenvalue weighted by molar-refractivity contribution is 9.10. The van der Waals surface area contributed by atoms with Crippen molar-refractivity contribution < 1.29 is 9.53 Å². The third-order valence-corrected chi connectivity index (χ3v) is 4.90. The predicted molar refractivity (Wildman–Crippen MR) is 80.6 cm³/mol. The van der Waals surface area contributed by atoms with Crippen molar-refractivity contribution in [2.24, 2.45) is 11.7 Å². The minimum absolute atomic E-state index is 0.0139. The first-order chi connectivity index (χ1) is 9.58. The molecule has 1 heterocycles. The van der Waals surface area contributed by atoms with Gasteiger partial charge in [0.05, 0.1) is 12.1 Å². The van der Waals surface area contributed by atoms with Crippen LogP contribution in [0.2, 0.25) is 0 Å². The number of amides is 1. The molecule has 1 saturated carbocycles. The Morgan fingerprint density at radius 1 is 1.50 bits per heavy atom. The number of nitrogens with one attached hydrogen (secondary N) is 1. The Labute approximate surface area is 127 Å². The predicted octanol–water partition coefficient (Wildman–Crippen LogP) is 1.99. The van der Waals surface area contributed by atoms with E-state index in [0.29, 0.717) is 11.5 Å². The van der Waals surface area contributed by atoms with Gasteiger partial charge in [0.15, 0.2) is 0 Å². The largest absolute Gasteiger partial charge is 0.376 e. The highest BCUT2D eigenvalue weighted by Crippen LogP contribution is 2.37. The average Bonchev–Trinajstić information content (AvgIpc) is 2.44. The summed E-state index contributed by atoms with van der Waals surface area (Å²) in [6.45, 7) is 2.71. The molecule has 0 spiro atoms. The molecule has 2 aliphatic rings. The Morgan fingerprint density at radius 2 is 2.30 bits per heavy atom. The summed E-state index contributed by atoms with van der Waals surface area (Å²) in [5.74, 6) is 0.336. The molecule has 5 heteroatoms. The van der Waals surface area contributed by atoms with Gasteiger partial charge in [-0.05, 0) is 43.5 Å². The quantitative estimate of drug-likeness (QED) is 0.866. The zero-order valence-corrected chi connectivity index (χ0v) is 13.0. The van der Waals surface area contributed by atoms with Crippen LogP contribution in [0.1, 0.15) is 28.8 Å². The van der Waals surface area contributed by atoms with E-state index < -0.39 is 0 Å². The van der Waals surface area contributed by atoms with Crippen LogP contribution in [-0.2, 0) is 4.74 Å². The van der Waals surface area contributed by atoms with Crippen LogP contribution in [-0.4, -0.2) is 30.7 Å². The number of hydrogen-bond acceptors (Lipinski definition) is 3. The molecule has 4 unspecified atom stereocenters. The molecule has 20 heavy (non-hydrogen) atoms. The molecule has 3 N–H and O–H groups in total. The van der Waals surface area contributed by atoms with Crippen molar-refractivity contribution in [3.63, 3.8) is 0 Å². The van der Waals surface area contributed by atoms with Crippen LogP contribution in [0.3, 0.4) is 0 Å². The zero-order chi connectivity index (χ0) is 14.3. The van der Waals surface area contributed by atoms with Gasteiger partial charge in [-0.1, -0.05) is 15.9 Å². The topological polar surface area (TPSA) is 64.4 Å². The van der Waals surface area contributed by atoms with Gasteiger partial charge in [0.2, 0.25) is 0 Å². The molecule has 2 fully saturated rings. The molecule has 1 saturated heterocycles. The van der Waals surface area contributed by atoms with Crippen LogP contribution < -0.4 is 11.1 Å². The summed E-state index contributed by atoms with van der Waals surface area (Å²) in [6.07, 6.45) is 2.27. The minimum Gasteiger partial charge on any atom is -0.376 e. The molecule has 108 valence electrons. The van der Waals surface area contributed by atoms with Crippen LogP contribution in [0.4, 0.5) is 0 Å². The molecule has 0 bridgehead atoms. The summed E-state index contributed by atoms with van der Waals surface area (Å²) in [4.78, 5) is 12.4. The Hall–Kier alpha value is -0.910. The molecule has 0 aromatic heterocycles. The van der Waals surface area contributed by atoms with Gasteiger partial charge in [0.25, 0.3) is 5.91 Å². The second-order valence-corrected chi connectivity index (χ2v) is 6.59. The van der Waals surface area contributed by atoms with E-state index in [-0.39, 0.29) is 24.1 Å². The molecule has 1 aromatic rings. The van der Waals surface area contributed by atoms with E-state index in [0.717, 1.165) is 29.5 Å². The van der Waals surface area contributed by atoms with Crippen molar-refractivity contribution in [3.8, 4) is 0 Å². The SMILES string of the molecule is Cc1cc(Br)ccc1C(=O)NC1C(N)C2CCCOC21. The standard InChI is InChI=1S/C15H19BrN2O2/c1-8-7-9(16)4-5-10(8)15(19)18-13-12(17)11-3-2-6-20-14(11)13/h4-5,7,11-14H,2-3,6,17H2,1H3,(H,18,19). The van der Waals surface area contributed by atoms with Gasteiger partial charge in [-0.25, -0.2) is 0 Å². The number of carbonyl (C=O) groups excluding carboxylic acids is 1. The van der Waals surface area contributed by atoms with E-state index >= 15 is 0 Å². The second-order valence-electron chi connectivity index (χ2n) is 5.68. The molecule has 3 rings (SSSR count). The smallest absolute Gasteiger partial charge is 0.251 e. The number of halogens is 1. The average molecular weight is 339 g/mol. The highest BCUT2D eigenvalue weighted by atomic mass is 79.9. The van der Waals surface area contributed by atoms with Crippen LogP contribution in [0, 0.1) is 12.8 Å². The van der Waals surface area contributed by atoms with Gasteiger partial charge in [-0.15, -0.1) is 0 Å². The first-order valence-corrected chi connectivity index (χ1v) is 7.81. The third kappa shape index (κ3) is 2.38. The maximum atomic E-state index is 12.4. The van der Waals surface area contributed by atoms with E-state index in [1.54, 1.807) is 0 Å². The second kappa shape index (κ2) is 5.47. The summed E-state index contributed by atoms with van der Waals surface area (Å²) in [6, 6.07) is 5.60. The number of hydrogen-bond donors (Lipinski definition) is 2. The van der Waals surface area contributed by atoms with Crippen LogP contribution >= 0.6 is 15.9 Å². The Kier molecular flexibility index (Phi) is 3.84. The van der Waals surface area contributed by atoms with Crippen molar-refractivity contribution in [2.75, 3.05) is 6.61 Å². The fraction of sp³-hybridized carbons (Fsp3) is 0.533. The molecular weight excluding hydrogens is 320 g/mol. The first-order valence-electron chi connectivity index (χ1n) is 7.02. The summed E-state index contributed by atoms with van der Waals surface area (Å²) in [5.41, 5.74) is 7.81. The lowest BCUT2D eigenvalue weighted by Crippen LogP contribution is -2.72. The van der Waals surface area contributed by atoms with E-state index in [2.05, 4.69) is 21.2 Å². The third-order valence-electron chi connectivity index (χ3n) is 4.41. The normalized spacial score (nSPS) is 32.1. The van der Waals surface area contributed by atoms with Gasteiger partial charge >= 0.3 is 0 Å². The van der Waals surface area contributed by atoms with Gasteiger partial charge in [0, 0.05) is 28.6 Å². The molecule has 1 amide bonds. The molecule has 4 atom stereocenters. The van der Waals surface area contributed by atoms with Crippen LogP contribution in [0.25, 0.3) is 0 Å². The monoisotopic (exact) mass is 338 g/mol. The fourth-order valence-electron chi connectivity index (χ4n) is 3.24. The molecule has 4 nitrogen and oxygen atoms in total. The Bertz CT molecular complexity index is 535. The van der Waals surface area contributed by atoms with Crippen molar-refractivity contribution in [3.05, 3.63) is 33.8 Å². The molecule has 0 radical (unpaired) electrons. The van der Waals surface area contributed by atoms with E-state index in [1.807, 2.05) is 25.1 Å². The zero-order valence-electron chi connectivity index (χ0n) is 11.4.